The zero-order valence-electron chi connectivity index (χ0n) is 29.6. The fraction of sp³-hybridized carbons (Fsp3) is 0.667. The van der Waals surface area contributed by atoms with Gasteiger partial charge >= 0.3 is 11.9 Å². The molecule has 7 N–H and O–H groups in total. The minimum Gasteiger partial charge on any atom is -0.507 e. The number of amides is 4. The van der Waals surface area contributed by atoms with Gasteiger partial charge in [-0.2, -0.15) is 0 Å². The smallest absolute Gasteiger partial charge is 0.342 e. The summed E-state index contributed by atoms with van der Waals surface area (Å²) < 4.78 is 10.8. The number of primary amides is 1. The molecule has 278 valence electrons. The van der Waals surface area contributed by atoms with E-state index in [1.54, 1.807) is 12.1 Å². The minimum absolute atomic E-state index is 0.0371. The van der Waals surface area contributed by atoms with E-state index in [0.29, 0.717) is 24.3 Å². The van der Waals surface area contributed by atoms with Crippen molar-refractivity contribution in [2.45, 2.75) is 141 Å². The quantitative estimate of drug-likeness (QED) is 0.0859. The SMILES string of the molecule is CC(C)CCCCCCCCC(=O)NC(CC(N)=O)C(=O)NC1CC(=O)OC1C(O)C(=O)NC(CC(C)C)C1Cc2cccc(O)c2C(=O)O1. The van der Waals surface area contributed by atoms with Crippen LogP contribution in [0, 0.1) is 11.8 Å². The average Bonchev–Trinajstić information content (AvgIpc) is 3.39. The largest absolute Gasteiger partial charge is 0.507 e. The van der Waals surface area contributed by atoms with E-state index < -0.39 is 78.4 Å². The molecular formula is C36H54N4O10. The molecule has 6 unspecified atom stereocenters. The number of carbonyl (C=O) groups is 6. The third-order valence-electron chi connectivity index (χ3n) is 8.96. The molecule has 14 nitrogen and oxygen atoms in total. The number of hydrogen-bond donors (Lipinski definition) is 6. The summed E-state index contributed by atoms with van der Waals surface area (Å²) in [7, 11) is 0. The van der Waals surface area contributed by atoms with Crippen molar-refractivity contribution in [1.29, 1.82) is 0 Å². The van der Waals surface area contributed by atoms with Gasteiger partial charge < -0.3 is 41.4 Å². The monoisotopic (exact) mass is 702 g/mol. The first-order valence-electron chi connectivity index (χ1n) is 17.7. The molecule has 0 saturated carbocycles. The summed E-state index contributed by atoms with van der Waals surface area (Å²) in [5, 5.41) is 29.0. The maximum Gasteiger partial charge on any atom is 0.342 e. The highest BCUT2D eigenvalue weighted by Gasteiger charge is 2.45. The summed E-state index contributed by atoms with van der Waals surface area (Å²) in [6.07, 6.45) is 2.69. The van der Waals surface area contributed by atoms with Crippen molar-refractivity contribution < 1.29 is 48.5 Å². The molecule has 0 bridgehead atoms. The molecule has 0 aliphatic carbocycles. The van der Waals surface area contributed by atoms with Crippen molar-refractivity contribution in [3.05, 3.63) is 29.3 Å². The second kappa shape index (κ2) is 19.3. The number of unbranched alkanes of at least 4 members (excludes halogenated alkanes) is 5. The first-order chi connectivity index (χ1) is 23.7. The number of aromatic hydroxyl groups is 1. The predicted molar refractivity (Wildman–Crippen MR) is 182 cm³/mol. The van der Waals surface area contributed by atoms with Crippen molar-refractivity contribution in [3.63, 3.8) is 0 Å². The van der Waals surface area contributed by atoms with Crippen LogP contribution >= 0.6 is 0 Å². The van der Waals surface area contributed by atoms with Crippen LogP contribution in [0.25, 0.3) is 0 Å². The number of rotatable bonds is 20. The van der Waals surface area contributed by atoms with Crippen LogP contribution in [0.15, 0.2) is 18.2 Å². The van der Waals surface area contributed by atoms with E-state index in [1.165, 1.54) is 18.9 Å². The number of nitrogens with two attached hydrogens (primary N) is 1. The Bertz CT molecular complexity index is 1370. The molecule has 0 aromatic heterocycles. The fourth-order valence-electron chi connectivity index (χ4n) is 6.40. The zero-order chi connectivity index (χ0) is 37.0. The lowest BCUT2D eigenvalue weighted by atomic mass is 9.90. The number of fused-ring (bicyclic) bond motifs is 1. The number of nitrogens with one attached hydrogen (secondary N) is 3. The van der Waals surface area contributed by atoms with E-state index >= 15 is 0 Å². The summed E-state index contributed by atoms with van der Waals surface area (Å²) in [6.45, 7) is 8.21. The Hall–Kier alpha value is -4.20. The van der Waals surface area contributed by atoms with E-state index in [4.69, 9.17) is 15.2 Å². The highest BCUT2D eigenvalue weighted by molar-refractivity contribution is 5.95. The Kier molecular flexibility index (Phi) is 15.5. The molecule has 2 aliphatic heterocycles. The predicted octanol–water partition coefficient (Wildman–Crippen LogP) is 2.30. The van der Waals surface area contributed by atoms with Crippen molar-refractivity contribution >= 4 is 35.6 Å². The Morgan fingerprint density at radius 2 is 1.58 bits per heavy atom. The molecule has 14 heteroatoms. The summed E-state index contributed by atoms with van der Waals surface area (Å²) in [4.78, 5) is 76.1. The normalized spacial score (nSPS) is 20.3. The van der Waals surface area contributed by atoms with Gasteiger partial charge in [-0.1, -0.05) is 78.4 Å². The number of esters is 2. The molecule has 1 saturated heterocycles. The van der Waals surface area contributed by atoms with Gasteiger partial charge in [0.2, 0.25) is 17.7 Å². The van der Waals surface area contributed by atoms with Gasteiger partial charge in [-0.05, 0) is 36.3 Å². The van der Waals surface area contributed by atoms with Crippen LogP contribution in [0.3, 0.4) is 0 Å². The van der Waals surface area contributed by atoms with E-state index in [2.05, 4.69) is 29.8 Å². The van der Waals surface area contributed by atoms with Gasteiger partial charge in [0, 0.05) is 12.8 Å². The molecule has 0 radical (unpaired) electrons. The summed E-state index contributed by atoms with van der Waals surface area (Å²) >= 11 is 0. The van der Waals surface area contributed by atoms with E-state index in [1.807, 2.05) is 13.8 Å². The molecule has 0 spiro atoms. The maximum absolute atomic E-state index is 13.4. The van der Waals surface area contributed by atoms with Gasteiger partial charge in [0.1, 0.15) is 23.5 Å². The molecule has 4 amide bonds. The molecule has 1 fully saturated rings. The van der Waals surface area contributed by atoms with E-state index in [0.717, 1.165) is 25.7 Å². The van der Waals surface area contributed by atoms with Crippen LogP contribution in [-0.2, 0) is 39.9 Å². The molecule has 2 aliphatic rings. The highest BCUT2D eigenvalue weighted by Crippen LogP contribution is 2.30. The summed E-state index contributed by atoms with van der Waals surface area (Å²) in [5.41, 5.74) is 5.96. The molecule has 6 atom stereocenters. The second-order valence-electron chi connectivity index (χ2n) is 14.3. The number of phenols is 1. The number of carbonyl (C=O) groups excluding carboxylic acids is 6. The topological polar surface area (TPSA) is 223 Å². The number of aliphatic hydroxyl groups excluding tert-OH is 1. The van der Waals surface area contributed by atoms with E-state index in [-0.39, 0.29) is 36.5 Å². The van der Waals surface area contributed by atoms with Crippen LogP contribution in [-0.4, -0.2) is 82.2 Å². The lowest BCUT2D eigenvalue weighted by Crippen LogP contribution is -2.57. The molecule has 3 rings (SSSR count). The zero-order valence-corrected chi connectivity index (χ0v) is 29.6. The standard InChI is InChI=1S/C36H54N4O10/c1-20(2)12-9-7-5-6-8-10-15-29(43)38-25(18-28(37)42)34(46)40-24-19-30(44)50-33(24)32(45)35(47)39-23(16-21(3)4)27-17-22-13-11-14-26(41)31(22)36(48)49-27/h11,13-14,20-21,23-25,27,32-33,41,45H,5-10,12,15-19H2,1-4H3,(H2,37,42)(H,38,43)(H,39,47)(H,40,46). The van der Waals surface area contributed by atoms with Crippen LogP contribution in [0.5, 0.6) is 5.75 Å². The van der Waals surface area contributed by atoms with Gasteiger partial charge in [0.05, 0.1) is 24.9 Å². The fourth-order valence-corrected chi connectivity index (χ4v) is 6.40. The van der Waals surface area contributed by atoms with E-state index in [9.17, 15) is 39.0 Å². The summed E-state index contributed by atoms with van der Waals surface area (Å²) in [6, 6.07) is 1.42. The molecule has 1 aromatic rings. The van der Waals surface area contributed by atoms with Crippen LogP contribution in [0.1, 0.15) is 114 Å². The number of benzene rings is 1. The van der Waals surface area contributed by atoms with Crippen LogP contribution in [0.2, 0.25) is 0 Å². The molecule has 50 heavy (non-hydrogen) atoms. The van der Waals surface area contributed by atoms with Gasteiger partial charge in [-0.15, -0.1) is 0 Å². The number of hydrogen-bond acceptors (Lipinski definition) is 10. The molecule has 2 heterocycles. The van der Waals surface area contributed by atoms with Crippen molar-refractivity contribution in [1.82, 2.24) is 16.0 Å². The van der Waals surface area contributed by atoms with Crippen molar-refractivity contribution in [2.24, 2.45) is 17.6 Å². The number of cyclic esters (lactones) is 2. The molecular weight excluding hydrogens is 648 g/mol. The Balaban J connectivity index is 1.59. The first kappa shape index (κ1) is 40.2. The Morgan fingerprint density at radius 1 is 0.900 bits per heavy atom. The summed E-state index contributed by atoms with van der Waals surface area (Å²) in [5.74, 6) is -4.02. The van der Waals surface area contributed by atoms with Gasteiger partial charge in [-0.25, -0.2) is 4.79 Å². The third kappa shape index (κ3) is 12.3. The van der Waals surface area contributed by atoms with Crippen molar-refractivity contribution in [3.8, 4) is 5.75 Å². The lowest BCUT2D eigenvalue weighted by Gasteiger charge is -2.34. The lowest BCUT2D eigenvalue weighted by molar-refractivity contribution is -0.151. The van der Waals surface area contributed by atoms with Crippen LogP contribution < -0.4 is 21.7 Å². The molecule has 1 aromatic carbocycles. The number of aliphatic hydroxyl groups is 1. The number of ether oxygens (including phenoxy) is 2. The Morgan fingerprint density at radius 3 is 2.24 bits per heavy atom. The van der Waals surface area contributed by atoms with Gasteiger partial charge in [0.25, 0.3) is 5.91 Å². The first-order valence-corrected chi connectivity index (χ1v) is 17.7. The minimum atomic E-state index is -1.92. The van der Waals surface area contributed by atoms with Gasteiger partial charge in [0.15, 0.2) is 12.2 Å². The number of phenolic OH excluding ortho intramolecular Hbond substituents is 1. The average molecular weight is 703 g/mol. The Labute approximate surface area is 293 Å². The van der Waals surface area contributed by atoms with Crippen LogP contribution in [0.4, 0.5) is 0 Å². The highest BCUT2D eigenvalue weighted by atomic mass is 16.6. The second-order valence-corrected chi connectivity index (χ2v) is 14.3. The maximum atomic E-state index is 13.4. The third-order valence-corrected chi connectivity index (χ3v) is 8.96. The van der Waals surface area contributed by atoms with Gasteiger partial charge in [-0.3, -0.25) is 24.0 Å². The van der Waals surface area contributed by atoms with Crippen molar-refractivity contribution in [2.75, 3.05) is 0 Å².